The van der Waals surface area contributed by atoms with Crippen molar-refractivity contribution in [2.24, 2.45) is 0 Å². The van der Waals surface area contributed by atoms with Crippen LogP contribution in [-0.2, 0) is 14.4 Å². The Morgan fingerprint density at radius 1 is 0.925 bits per heavy atom. The van der Waals surface area contributed by atoms with Crippen molar-refractivity contribution < 1.29 is 28.2 Å². The monoisotopic (exact) mass is 545 g/mol. The molecule has 0 spiro atoms. The summed E-state index contributed by atoms with van der Waals surface area (Å²) in [6, 6.07) is 18.1. The number of nitrogens with one attached hydrogen (secondary N) is 2. The van der Waals surface area contributed by atoms with Crippen LogP contribution in [0, 0.1) is 5.82 Å². The molecular weight excluding hydrogens is 513 g/mol. The van der Waals surface area contributed by atoms with E-state index in [0.717, 1.165) is 32.1 Å². The van der Waals surface area contributed by atoms with E-state index in [2.05, 4.69) is 10.6 Å². The molecule has 8 nitrogen and oxygen atoms in total. The third-order valence-corrected chi connectivity index (χ3v) is 7.11. The summed E-state index contributed by atoms with van der Waals surface area (Å²) in [6.45, 7) is 1.33. The third-order valence-electron chi connectivity index (χ3n) is 7.11. The number of hydrogen-bond acceptors (Lipinski definition) is 5. The predicted molar refractivity (Wildman–Crippen MR) is 149 cm³/mol. The van der Waals surface area contributed by atoms with E-state index >= 15 is 0 Å². The molecule has 1 aliphatic carbocycles. The Morgan fingerprint density at radius 3 is 2.38 bits per heavy atom. The molecule has 2 N–H and O–H groups in total. The highest BCUT2D eigenvalue weighted by Gasteiger charge is 2.40. The molecule has 0 bridgehead atoms. The van der Waals surface area contributed by atoms with Crippen LogP contribution in [0.3, 0.4) is 0 Å². The molecule has 9 heteroatoms. The predicted octanol–water partition coefficient (Wildman–Crippen LogP) is 5.15. The van der Waals surface area contributed by atoms with Gasteiger partial charge in [0.05, 0.1) is 0 Å². The molecular formula is C31H32FN3O5. The Hall–Kier alpha value is -4.40. The van der Waals surface area contributed by atoms with Crippen LogP contribution in [0.4, 0.5) is 15.8 Å². The van der Waals surface area contributed by atoms with Crippen LogP contribution >= 0.6 is 0 Å². The Bertz CT molecular complexity index is 1370. The van der Waals surface area contributed by atoms with Crippen LogP contribution in [0.15, 0.2) is 72.8 Å². The minimum atomic E-state index is -1.14. The van der Waals surface area contributed by atoms with Crippen molar-refractivity contribution in [1.29, 1.82) is 0 Å². The fraction of sp³-hybridized carbons (Fsp3) is 0.323. The number of anilines is 2. The molecule has 1 heterocycles. The lowest BCUT2D eigenvalue weighted by molar-refractivity contribution is -0.132. The van der Waals surface area contributed by atoms with Crippen molar-refractivity contribution in [3.63, 3.8) is 0 Å². The second-order valence-corrected chi connectivity index (χ2v) is 10.1. The first-order valence-corrected chi connectivity index (χ1v) is 13.5. The fourth-order valence-corrected chi connectivity index (χ4v) is 5.23. The summed E-state index contributed by atoms with van der Waals surface area (Å²) in [4.78, 5) is 41.5. The Morgan fingerprint density at radius 2 is 1.65 bits per heavy atom. The summed E-state index contributed by atoms with van der Waals surface area (Å²) in [7, 11) is 0. The number of benzene rings is 3. The highest BCUT2D eigenvalue weighted by atomic mass is 19.1. The fourth-order valence-electron chi connectivity index (χ4n) is 5.23. The number of ether oxygens (including phenoxy) is 2. The topological polar surface area (TPSA) is 97.0 Å². The van der Waals surface area contributed by atoms with Gasteiger partial charge in [0, 0.05) is 24.3 Å². The molecule has 208 valence electrons. The van der Waals surface area contributed by atoms with E-state index in [-0.39, 0.29) is 24.5 Å². The summed E-state index contributed by atoms with van der Waals surface area (Å²) in [5.74, 6) is -0.682. The van der Waals surface area contributed by atoms with Gasteiger partial charge in [0.25, 0.3) is 5.91 Å². The maximum atomic E-state index is 14.3. The number of nitrogens with zero attached hydrogens (tertiary/aromatic N) is 1. The van der Waals surface area contributed by atoms with Gasteiger partial charge in [-0.3, -0.25) is 19.3 Å². The van der Waals surface area contributed by atoms with E-state index in [0.29, 0.717) is 28.4 Å². The zero-order valence-corrected chi connectivity index (χ0v) is 22.3. The molecule has 2 aliphatic rings. The highest BCUT2D eigenvalue weighted by molar-refractivity contribution is 6.04. The van der Waals surface area contributed by atoms with Gasteiger partial charge in [-0.1, -0.05) is 49.6 Å². The van der Waals surface area contributed by atoms with Crippen LogP contribution in [0.1, 0.15) is 50.6 Å². The van der Waals surface area contributed by atoms with E-state index in [1.54, 1.807) is 42.5 Å². The zero-order chi connectivity index (χ0) is 28.1. The van der Waals surface area contributed by atoms with Gasteiger partial charge in [-0.2, -0.15) is 0 Å². The largest absolute Gasteiger partial charge is 0.485 e. The summed E-state index contributed by atoms with van der Waals surface area (Å²) < 4.78 is 25.8. The van der Waals surface area contributed by atoms with E-state index < -0.39 is 23.9 Å². The maximum Gasteiger partial charge on any atom is 0.272 e. The first-order valence-electron chi connectivity index (χ1n) is 13.5. The number of carbonyl (C=O) groups excluding carboxylic acids is 3. The van der Waals surface area contributed by atoms with Crippen LogP contribution in [0.25, 0.3) is 0 Å². The van der Waals surface area contributed by atoms with Gasteiger partial charge in [-0.15, -0.1) is 0 Å². The van der Waals surface area contributed by atoms with Crippen molar-refractivity contribution in [3.05, 3.63) is 84.2 Å². The molecule has 2 atom stereocenters. The number of carbonyl (C=O) groups is 3. The van der Waals surface area contributed by atoms with Crippen molar-refractivity contribution in [2.75, 3.05) is 16.8 Å². The van der Waals surface area contributed by atoms with Crippen LogP contribution < -0.4 is 25.0 Å². The lowest BCUT2D eigenvalue weighted by atomic mass is 9.94. The highest BCUT2D eigenvalue weighted by Crippen LogP contribution is 2.35. The molecule has 3 aromatic carbocycles. The normalized spacial score (nSPS) is 17.4. The standard InChI is InChI=1S/C31H32FN3O5/c1-20(36)33-24-10-7-11-25(18-24)35(31(38)28-19-39-26-12-5-6-13-27(26)40-28)29(21-14-16-22(32)17-15-21)30(37)34-23-8-3-2-4-9-23/h5-7,10-18,23,28-29H,2-4,8-9,19H2,1H3,(H,33,36)(H,34,37). The zero-order valence-electron chi connectivity index (χ0n) is 22.3. The van der Waals surface area contributed by atoms with Crippen molar-refractivity contribution in [3.8, 4) is 11.5 Å². The van der Waals surface area contributed by atoms with Crippen LogP contribution in [0.5, 0.6) is 11.5 Å². The van der Waals surface area contributed by atoms with Gasteiger partial charge in [-0.25, -0.2) is 4.39 Å². The lowest BCUT2D eigenvalue weighted by Gasteiger charge is -2.36. The summed E-state index contributed by atoms with van der Waals surface area (Å²) >= 11 is 0. The van der Waals surface area contributed by atoms with Crippen LogP contribution in [0.2, 0.25) is 0 Å². The molecule has 0 radical (unpaired) electrons. The molecule has 2 unspecified atom stereocenters. The van der Waals surface area contributed by atoms with E-state index in [9.17, 15) is 18.8 Å². The third kappa shape index (κ3) is 6.25. The molecule has 3 aromatic rings. The number of halogens is 1. The van der Waals surface area contributed by atoms with Gasteiger partial charge in [-0.05, 0) is 60.9 Å². The number of para-hydroxylation sites is 2. The molecule has 1 saturated carbocycles. The number of amides is 3. The average molecular weight is 546 g/mol. The van der Waals surface area contributed by atoms with Gasteiger partial charge in [0.2, 0.25) is 17.9 Å². The first kappa shape index (κ1) is 27.2. The minimum Gasteiger partial charge on any atom is -0.485 e. The second kappa shape index (κ2) is 12.2. The van der Waals surface area contributed by atoms with Crippen LogP contribution in [-0.4, -0.2) is 36.5 Å². The lowest BCUT2D eigenvalue weighted by Crippen LogP contribution is -2.52. The van der Waals surface area contributed by atoms with Crippen molar-refractivity contribution >= 4 is 29.1 Å². The summed E-state index contributed by atoms with van der Waals surface area (Å²) in [5.41, 5.74) is 1.26. The molecule has 0 aromatic heterocycles. The van der Waals surface area contributed by atoms with Gasteiger partial charge >= 0.3 is 0 Å². The van der Waals surface area contributed by atoms with Crippen molar-refractivity contribution in [2.45, 2.75) is 57.2 Å². The summed E-state index contributed by atoms with van der Waals surface area (Å²) in [6.07, 6.45) is 3.80. The molecule has 1 aliphatic heterocycles. The summed E-state index contributed by atoms with van der Waals surface area (Å²) in [5, 5.41) is 5.86. The van der Waals surface area contributed by atoms with Gasteiger partial charge in [0.15, 0.2) is 11.5 Å². The Kier molecular flexibility index (Phi) is 8.28. The van der Waals surface area contributed by atoms with Crippen molar-refractivity contribution in [1.82, 2.24) is 5.32 Å². The Balaban J connectivity index is 1.57. The second-order valence-electron chi connectivity index (χ2n) is 10.1. The molecule has 0 saturated heterocycles. The average Bonchev–Trinajstić information content (AvgIpc) is 2.96. The number of rotatable bonds is 7. The SMILES string of the molecule is CC(=O)Nc1cccc(N(C(=O)C2COc3ccccc3O2)C(C(=O)NC2CCCCC2)c2ccc(F)cc2)c1. The maximum absolute atomic E-state index is 14.3. The van der Waals surface area contributed by atoms with Gasteiger partial charge < -0.3 is 20.1 Å². The molecule has 1 fully saturated rings. The molecule has 40 heavy (non-hydrogen) atoms. The van der Waals surface area contributed by atoms with E-state index in [4.69, 9.17) is 9.47 Å². The smallest absolute Gasteiger partial charge is 0.272 e. The van der Waals surface area contributed by atoms with E-state index in [1.807, 2.05) is 6.07 Å². The quantitative estimate of drug-likeness (QED) is 0.428. The number of hydrogen-bond donors (Lipinski definition) is 2. The Labute approximate surface area is 232 Å². The minimum absolute atomic E-state index is 0.0204. The molecule has 5 rings (SSSR count). The number of fused-ring (bicyclic) bond motifs is 1. The molecule has 3 amide bonds. The van der Waals surface area contributed by atoms with E-state index in [1.165, 1.54) is 36.1 Å². The first-order chi connectivity index (χ1) is 19.4. The van der Waals surface area contributed by atoms with Gasteiger partial charge in [0.1, 0.15) is 18.5 Å².